The van der Waals surface area contributed by atoms with E-state index in [2.05, 4.69) is 21.6 Å². The molecule has 7 heteroatoms. The maximum Gasteiger partial charge on any atom is 0.306 e. The summed E-state index contributed by atoms with van der Waals surface area (Å²) in [6.07, 6.45) is 0. The maximum absolute atomic E-state index is 11.3. The zero-order valence-electron chi connectivity index (χ0n) is 10.9. The summed E-state index contributed by atoms with van der Waals surface area (Å²) in [5, 5.41) is 30.4. The molecule has 0 fully saturated rings. The van der Waals surface area contributed by atoms with Gasteiger partial charge in [-0.15, -0.1) is 10.2 Å². The second-order valence-corrected chi connectivity index (χ2v) is 4.43. The third-order valence-electron chi connectivity index (χ3n) is 3.13. The van der Waals surface area contributed by atoms with Crippen LogP contribution < -0.4 is 5.32 Å². The van der Waals surface area contributed by atoms with Crippen LogP contribution in [-0.2, 0) is 0 Å². The monoisotopic (exact) mass is 283 g/mol. The highest BCUT2D eigenvalue weighted by Gasteiger charge is 2.28. The Balaban J connectivity index is 1.98. The molecule has 2 aromatic rings. The minimum absolute atomic E-state index is 0.0397. The lowest BCUT2D eigenvalue weighted by Crippen LogP contribution is -2.04. The van der Waals surface area contributed by atoms with Gasteiger partial charge in [0, 0.05) is 18.3 Å². The number of hydrogen-bond acceptors (Lipinski definition) is 6. The smallest absolute Gasteiger partial charge is 0.306 e. The molecule has 0 aromatic heterocycles. The highest BCUT2D eigenvalue weighted by molar-refractivity contribution is 5.88. The van der Waals surface area contributed by atoms with E-state index in [0.717, 1.165) is 5.69 Å². The number of nitro benzene ring substituents is 1. The zero-order valence-corrected chi connectivity index (χ0v) is 10.9. The Kier molecular flexibility index (Phi) is 3.33. The third kappa shape index (κ3) is 2.34. The van der Waals surface area contributed by atoms with Gasteiger partial charge in [-0.25, -0.2) is 0 Å². The van der Waals surface area contributed by atoms with Crippen LogP contribution in [0.3, 0.4) is 0 Å². The summed E-state index contributed by atoms with van der Waals surface area (Å²) in [6.45, 7) is 0.491. The molecule has 1 aliphatic rings. The van der Waals surface area contributed by atoms with E-state index in [4.69, 9.17) is 5.11 Å². The van der Waals surface area contributed by atoms with Gasteiger partial charge in [-0.1, -0.05) is 12.1 Å². The van der Waals surface area contributed by atoms with Gasteiger partial charge in [0.05, 0.1) is 17.1 Å². The van der Waals surface area contributed by atoms with Crippen molar-refractivity contribution in [2.75, 3.05) is 18.5 Å². The molecule has 105 valence electrons. The first kappa shape index (κ1) is 13.2. The molecule has 0 unspecified atom stereocenters. The van der Waals surface area contributed by atoms with E-state index in [1.165, 1.54) is 0 Å². The molecule has 3 rings (SSSR count). The molecule has 1 radical (unpaired) electrons. The first-order chi connectivity index (χ1) is 10.2. The average Bonchev–Trinajstić information content (AvgIpc) is 2.46. The molecule has 2 N–H and O–H groups in total. The van der Waals surface area contributed by atoms with E-state index < -0.39 is 4.92 Å². The molecule has 1 aliphatic heterocycles. The predicted molar refractivity (Wildman–Crippen MR) is 77.1 cm³/mol. The summed E-state index contributed by atoms with van der Waals surface area (Å²) in [5.74, 6) is 0. The Bertz CT molecular complexity index is 726. The number of aliphatic hydroxyl groups excluding tert-OH is 1. The van der Waals surface area contributed by atoms with Crippen LogP contribution in [0.2, 0.25) is 0 Å². The summed E-state index contributed by atoms with van der Waals surface area (Å²) in [7, 11) is 0. The summed E-state index contributed by atoms with van der Waals surface area (Å²) in [4.78, 5) is 10.8. The lowest BCUT2D eigenvalue weighted by atomic mass is 10.0. The van der Waals surface area contributed by atoms with Crippen LogP contribution >= 0.6 is 0 Å². The van der Waals surface area contributed by atoms with E-state index >= 15 is 0 Å². The van der Waals surface area contributed by atoms with Crippen molar-refractivity contribution >= 4 is 22.7 Å². The molecule has 0 atom stereocenters. The van der Waals surface area contributed by atoms with Crippen molar-refractivity contribution in [2.45, 2.75) is 0 Å². The fraction of sp³-hybridized carbons (Fsp3) is 0.143. The summed E-state index contributed by atoms with van der Waals surface area (Å²) in [5.41, 5.74) is 2.66. The molecule has 0 saturated carbocycles. The highest BCUT2D eigenvalue weighted by atomic mass is 16.6. The van der Waals surface area contributed by atoms with Gasteiger partial charge in [0.25, 0.3) is 0 Å². The molecule has 2 aromatic carbocycles. The lowest BCUT2D eigenvalue weighted by Gasteiger charge is -2.11. The second-order valence-electron chi connectivity index (χ2n) is 4.43. The molecule has 7 nitrogen and oxygen atoms in total. The zero-order chi connectivity index (χ0) is 14.8. The topological polar surface area (TPSA) is 100 Å². The second kappa shape index (κ2) is 5.29. The Hall–Kier alpha value is -2.80. The Morgan fingerprint density at radius 1 is 1.29 bits per heavy atom. The minimum Gasteiger partial charge on any atom is -0.395 e. The fourth-order valence-electron chi connectivity index (χ4n) is 2.12. The normalized spacial score (nSPS) is 11.7. The summed E-state index contributed by atoms with van der Waals surface area (Å²) >= 11 is 0. The molecule has 21 heavy (non-hydrogen) atoms. The maximum atomic E-state index is 11.3. The van der Waals surface area contributed by atoms with Gasteiger partial charge in [0.1, 0.15) is 5.69 Å². The van der Waals surface area contributed by atoms with Crippen molar-refractivity contribution in [1.82, 2.24) is 0 Å². The van der Waals surface area contributed by atoms with E-state index in [-0.39, 0.29) is 18.0 Å². The van der Waals surface area contributed by atoms with Crippen molar-refractivity contribution < 1.29 is 10.0 Å². The van der Waals surface area contributed by atoms with Gasteiger partial charge in [-0.3, -0.25) is 10.1 Å². The third-order valence-corrected chi connectivity index (χ3v) is 3.13. The molecular formula is C14H11N4O3. The Labute approximate surface area is 120 Å². The molecule has 0 amide bonds. The number of nitro groups is 1. The molecular weight excluding hydrogens is 272 g/mol. The van der Waals surface area contributed by atoms with E-state index in [0.29, 0.717) is 23.4 Å². The highest BCUT2D eigenvalue weighted by Crippen LogP contribution is 2.49. The van der Waals surface area contributed by atoms with Gasteiger partial charge in [-0.2, -0.15) is 0 Å². The average molecular weight is 283 g/mol. The van der Waals surface area contributed by atoms with Crippen molar-refractivity contribution in [3.8, 4) is 11.1 Å². The van der Waals surface area contributed by atoms with Crippen LogP contribution in [-0.4, -0.2) is 23.2 Å². The van der Waals surface area contributed by atoms with Gasteiger partial charge in [0.15, 0.2) is 5.69 Å². The van der Waals surface area contributed by atoms with Crippen LogP contribution in [0.4, 0.5) is 22.7 Å². The van der Waals surface area contributed by atoms with Gasteiger partial charge >= 0.3 is 5.69 Å². The molecule has 0 bridgehead atoms. The first-order valence-electron chi connectivity index (χ1n) is 6.30. The first-order valence-corrected chi connectivity index (χ1v) is 6.30. The van der Waals surface area contributed by atoms with Crippen LogP contribution in [0.15, 0.2) is 40.6 Å². The number of fused-ring (bicyclic) bond motifs is 1. The van der Waals surface area contributed by atoms with E-state index in [1.54, 1.807) is 30.3 Å². The van der Waals surface area contributed by atoms with Crippen molar-refractivity contribution in [2.24, 2.45) is 10.2 Å². The van der Waals surface area contributed by atoms with Gasteiger partial charge in [0.2, 0.25) is 0 Å². The standard InChI is InChI=1S/C14H11N4O3/c19-8-7-15-10-3-1-9(2-4-10)11-5-6-12-13(17-16-12)14(11)18(20)21/h1-5,15,19H,7-8H2. The van der Waals surface area contributed by atoms with Crippen LogP contribution in [0, 0.1) is 16.2 Å². The van der Waals surface area contributed by atoms with E-state index in [1.807, 2.05) is 0 Å². The van der Waals surface area contributed by atoms with Crippen LogP contribution in [0.25, 0.3) is 11.1 Å². The number of aliphatic hydroxyl groups is 1. The lowest BCUT2D eigenvalue weighted by molar-refractivity contribution is -0.383. The quantitative estimate of drug-likeness (QED) is 0.554. The SMILES string of the molecule is O=[N+]([O-])c1c(-c2ccc(NCCO)cc2)c[c]c2c1N=N2. The number of nitrogens with zero attached hydrogens (tertiary/aromatic N) is 3. The Morgan fingerprint density at radius 2 is 2.05 bits per heavy atom. The minimum atomic E-state index is -0.446. The van der Waals surface area contributed by atoms with Crippen LogP contribution in [0.1, 0.15) is 0 Å². The predicted octanol–water partition coefficient (Wildman–Crippen LogP) is 3.19. The van der Waals surface area contributed by atoms with E-state index in [9.17, 15) is 10.1 Å². The number of hydrogen-bond donors (Lipinski definition) is 2. The fourth-order valence-corrected chi connectivity index (χ4v) is 2.12. The molecule has 1 heterocycles. The van der Waals surface area contributed by atoms with Gasteiger partial charge < -0.3 is 10.4 Å². The van der Waals surface area contributed by atoms with Crippen LogP contribution in [0.5, 0.6) is 0 Å². The summed E-state index contributed by atoms with van der Waals surface area (Å²) in [6, 6.07) is 11.6. The molecule has 0 spiro atoms. The number of benzene rings is 2. The number of anilines is 1. The summed E-state index contributed by atoms with van der Waals surface area (Å²) < 4.78 is 0. The molecule has 0 aliphatic carbocycles. The van der Waals surface area contributed by atoms with Crippen molar-refractivity contribution in [3.63, 3.8) is 0 Å². The van der Waals surface area contributed by atoms with Gasteiger partial charge in [-0.05, 0) is 23.8 Å². The van der Waals surface area contributed by atoms with Crippen molar-refractivity contribution in [3.05, 3.63) is 46.5 Å². The number of nitrogens with one attached hydrogen (secondary N) is 1. The Morgan fingerprint density at radius 3 is 2.62 bits per heavy atom. The largest absolute Gasteiger partial charge is 0.395 e. The number of rotatable bonds is 5. The number of azo groups is 1. The molecule has 0 saturated heterocycles. The van der Waals surface area contributed by atoms with Crippen molar-refractivity contribution in [1.29, 1.82) is 0 Å².